The fraction of sp³-hybridized carbons (Fsp3) is 0.440. The number of carboxylic acids is 1. The number of carboxylic acid groups (broad SMARTS) is 1. The molecule has 0 aliphatic rings. The van der Waals surface area contributed by atoms with Crippen LogP contribution in [-0.2, 0) is 19.4 Å². The average Bonchev–Trinajstić information content (AvgIpc) is 3.16. The molecule has 0 saturated carbocycles. The molecular weight excluding hydrogens is 388 g/mol. The van der Waals surface area contributed by atoms with E-state index in [4.69, 9.17) is 10.1 Å². The molecule has 0 unspecified atom stereocenters. The van der Waals surface area contributed by atoms with E-state index in [9.17, 15) is 9.90 Å². The lowest BCUT2D eigenvalue weighted by atomic mass is 10.0. The molecule has 3 rings (SSSR count). The van der Waals surface area contributed by atoms with E-state index in [-0.39, 0.29) is 5.56 Å². The molecule has 0 fully saturated rings. The Morgan fingerprint density at radius 1 is 0.968 bits per heavy atom. The second-order valence-electron chi connectivity index (χ2n) is 7.92. The molecule has 6 nitrogen and oxygen atoms in total. The van der Waals surface area contributed by atoms with E-state index < -0.39 is 5.97 Å². The maximum absolute atomic E-state index is 11.5. The molecule has 31 heavy (non-hydrogen) atoms. The quantitative estimate of drug-likeness (QED) is 0.388. The molecule has 0 atom stereocenters. The molecule has 0 saturated heterocycles. The van der Waals surface area contributed by atoms with Crippen molar-refractivity contribution >= 4 is 5.97 Å². The third-order valence-corrected chi connectivity index (χ3v) is 5.39. The number of benzene rings is 1. The van der Waals surface area contributed by atoms with Gasteiger partial charge >= 0.3 is 5.97 Å². The smallest absolute Gasteiger partial charge is 0.336 e. The summed E-state index contributed by atoms with van der Waals surface area (Å²) in [4.78, 5) is 20.8. The first-order chi connectivity index (χ1) is 15.1. The number of pyridine rings is 1. The summed E-state index contributed by atoms with van der Waals surface area (Å²) in [7, 11) is 0. The van der Waals surface area contributed by atoms with Crippen LogP contribution >= 0.6 is 0 Å². The molecule has 2 heterocycles. The van der Waals surface area contributed by atoms with Crippen LogP contribution in [0.1, 0.15) is 79.9 Å². The Morgan fingerprint density at radius 3 is 2.39 bits per heavy atom. The van der Waals surface area contributed by atoms with Gasteiger partial charge in [-0.15, -0.1) is 0 Å². The number of rotatable bonds is 12. The number of unbranched alkanes of at least 4 members (excludes halogenated alkanes) is 4. The number of aryl methyl sites for hydroxylation is 2. The topological polar surface area (TPSA) is 80.9 Å². The average molecular weight is 421 g/mol. The van der Waals surface area contributed by atoms with Gasteiger partial charge in [-0.3, -0.25) is 4.98 Å². The number of aromatic carboxylic acids is 1. The zero-order chi connectivity index (χ0) is 22.1. The third-order valence-electron chi connectivity index (χ3n) is 5.39. The Labute approximate surface area is 184 Å². The molecule has 0 spiro atoms. The Balaban J connectivity index is 1.77. The summed E-state index contributed by atoms with van der Waals surface area (Å²) in [6.07, 6.45) is 10.7. The standard InChI is InChI=1S/C25H32N4O2/c1-3-5-7-13-23-27-24(14-8-6-4-2)29(28-23)18-19-15-16-22(26-17-19)20-11-9-10-12-21(20)25(30)31/h9-12,15-17H,3-8,13-14,18H2,1-2H3,(H,30,31). The number of aromatic nitrogens is 4. The lowest BCUT2D eigenvalue weighted by Gasteiger charge is -2.08. The lowest BCUT2D eigenvalue weighted by molar-refractivity contribution is 0.0697. The van der Waals surface area contributed by atoms with Crippen LogP contribution in [0.2, 0.25) is 0 Å². The van der Waals surface area contributed by atoms with Crippen LogP contribution < -0.4 is 0 Å². The summed E-state index contributed by atoms with van der Waals surface area (Å²) in [6, 6.07) is 10.8. The van der Waals surface area contributed by atoms with E-state index in [0.717, 1.165) is 42.9 Å². The van der Waals surface area contributed by atoms with Crippen molar-refractivity contribution in [2.45, 2.75) is 71.8 Å². The van der Waals surface area contributed by atoms with Gasteiger partial charge in [-0.05, 0) is 30.5 Å². The van der Waals surface area contributed by atoms with Gasteiger partial charge in [-0.1, -0.05) is 63.8 Å². The van der Waals surface area contributed by atoms with E-state index in [2.05, 4.69) is 18.8 Å². The van der Waals surface area contributed by atoms with Crippen LogP contribution in [0.5, 0.6) is 0 Å². The van der Waals surface area contributed by atoms with Crippen molar-refractivity contribution in [1.82, 2.24) is 19.7 Å². The van der Waals surface area contributed by atoms with Crippen molar-refractivity contribution < 1.29 is 9.90 Å². The van der Waals surface area contributed by atoms with E-state index in [0.29, 0.717) is 17.8 Å². The number of hydrogen-bond donors (Lipinski definition) is 1. The van der Waals surface area contributed by atoms with Crippen LogP contribution in [0, 0.1) is 0 Å². The van der Waals surface area contributed by atoms with Crippen LogP contribution in [0.25, 0.3) is 11.3 Å². The molecular formula is C25H32N4O2. The predicted octanol–water partition coefficient (Wildman–Crippen LogP) is 5.55. The molecule has 0 aliphatic heterocycles. The Kier molecular flexibility index (Phi) is 8.33. The fourth-order valence-corrected chi connectivity index (χ4v) is 3.65. The highest BCUT2D eigenvalue weighted by Crippen LogP contribution is 2.22. The minimum Gasteiger partial charge on any atom is -0.478 e. The Bertz CT molecular complexity index is 979. The van der Waals surface area contributed by atoms with Gasteiger partial charge in [-0.25, -0.2) is 14.5 Å². The zero-order valence-corrected chi connectivity index (χ0v) is 18.5. The Morgan fingerprint density at radius 2 is 1.71 bits per heavy atom. The van der Waals surface area contributed by atoms with Crippen LogP contribution in [0.4, 0.5) is 0 Å². The highest BCUT2D eigenvalue weighted by Gasteiger charge is 2.13. The molecule has 1 aromatic carbocycles. The largest absolute Gasteiger partial charge is 0.478 e. The normalized spacial score (nSPS) is 11.0. The van der Waals surface area contributed by atoms with Crippen molar-refractivity contribution in [3.05, 3.63) is 65.4 Å². The summed E-state index contributed by atoms with van der Waals surface area (Å²) >= 11 is 0. The zero-order valence-electron chi connectivity index (χ0n) is 18.5. The monoisotopic (exact) mass is 420 g/mol. The molecule has 0 bridgehead atoms. The summed E-state index contributed by atoms with van der Waals surface area (Å²) in [5.41, 5.74) is 2.57. The van der Waals surface area contributed by atoms with Crippen molar-refractivity contribution in [1.29, 1.82) is 0 Å². The second kappa shape index (κ2) is 11.4. The first kappa shape index (κ1) is 22.7. The lowest BCUT2D eigenvalue weighted by Crippen LogP contribution is -2.08. The summed E-state index contributed by atoms with van der Waals surface area (Å²) < 4.78 is 2.01. The molecule has 164 valence electrons. The third kappa shape index (κ3) is 6.23. The molecule has 6 heteroatoms. The summed E-state index contributed by atoms with van der Waals surface area (Å²) in [5.74, 6) is 1.02. The van der Waals surface area contributed by atoms with Gasteiger partial charge in [-0.2, -0.15) is 5.10 Å². The highest BCUT2D eigenvalue weighted by molar-refractivity contribution is 5.95. The second-order valence-corrected chi connectivity index (χ2v) is 7.92. The fourth-order valence-electron chi connectivity index (χ4n) is 3.65. The number of carbonyl (C=O) groups is 1. The van der Waals surface area contributed by atoms with Crippen molar-refractivity contribution in [2.24, 2.45) is 0 Å². The van der Waals surface area contributed by atoms with Crippen LogP contribution in [-0.4, -0.2) is 30.8 Å². The van der Waals surface area contributed by atoms with E-state index in [1.165, 1.54) is 25.7 Å². The van der Waals surface area contributed by atoms with Gasteiger partial charge in [0.1, 0.15) is 5.82 Å². The van der Waals surface area contributed by atoms with E-state index in [1.807, 2.05) is 29.1 Å². The Hall–Kier alpha value is -3.02. The highest BCUT2D eigenvalue weighted by atomic mass is 16.4. The summed E-state index contributed by atoms with van der Waals surface area (Å²) in [5, 5.41) is 14.2. The molecule has 0 amide bonds. The molecule has 1 N–H and O–H groups in total. The van der Waals surface area contributed by atoms with Crippen molar-refractivity contribution in [2.75, 3.05) is 0 Å². The van der Waals surface area contributed by atoms with Crippen molar-refractivity contribution in [3.8, 4) is 11.3 Å². The van der Waals surface area contributed by atoms with Crippen LogP contribution in [0.15, 0.2) is 42.6 Å². The summed E-state index contributed by atoms with van der Waals surface area (Å²) in [6.45, 7) is 5.03. The maximum Gasteiger partial charge on any atom is 0.336 e. The molecule has 0 aliphatic carbocycles. The maximum atomic E-state index is 11.5. The van der Waals surface area contributed by atoms with Crippen LogP contribution in [0.3, 0.4) is 0 Å². The predicted molar refractivity (Wildman–Crippen MR) is 122 cm³/mol. The van der Waals surface area contributed by atoms with E-state index >= 15 is 0 Å². The van der Waals surface area contributed by atoms with Gasteiger partial charge < -0.3 is 5.11 Å². The molecule has 0 radical (unpaired) electrons. The molecule has 3 aromatic rings. The first-order valence-electron chi connectivity index (χ1n) is 11.3. The number of hydrogen-bond acceptors (Lipinski definition) is 4. The number of nitrogens with zero attached hydrogens (tertiary/aromatic N) is 4. The minimum atomic E-state index is -0.948. The SMILES string of the molecule is CCCCCc1nc(CCCCC)n(Cc2ccc(-c3ccccc3C(=O)O)nc2)n1. The minimum absolute atomic E-state index is 0.258. The first-order valence-corrected chi connectivity index (χ1v) is 11.3. The van der Waals surface area contributed by atoms with Crippen molar-refractivity contribution in [3.63, 3.8) is 0 Å². The molecule has 2 aromatic heterocycles. The van der Waals surface area contributed by atoms with Gasteiger partial charge in [0.05, 0.1) is 17.8 Å². The van der Waals surface area contributed by atoms with E-state index in [1.54, 1.807) is 18.2 Å². The van der Waals surface area contributed by atoms with Gasteiger partial charge in [0.15, 0.2) is 5.82 Å². The van der Waals surface area contributed by atoms with Gasteiger partial charge in [0.25, 0.3) is 0 Å². The van der Waals surface area contributed by atoms with Gasteiger partial charge in [0, 0.05) is 24.6 Å². The van der Waals surface area contributed by atoms with Gasteiger partial charge in [0.2, 0.25) is 0 Å².